The molecule has 0 saturated carbocycles. The van der Waals surface area contributed by atoms with Crippen LogP contribution in [-0.2, 0) is 4.74 Å². The van der Waals surface area contributed by atoms with Gasteiger partial charge in [-0.25, -0.2) is 0 Å². The Morgan fingerprint density at radius 2 is 2.00 bits per heavy atom. The Labute approximate surface area is 123 Å². The highest BCUT2D eigenvalue weighted by Crippen LogP contribution is 2.29. The van der Waals surface area contributed by atoms with E-state index in [0.717, 1.165) is 42.4 Å². The van der Waals surface area contributed by atoms with Gasteiger partial charge in [-0.1, -0.05) is 18.2 Å². The van der Waals surface area contributed by atoms with Crippen LogP contribution in [0.2, 0.25) is 0 Å². The van der Waals surface area contributed by atoms with Crippen LogP contribution in [0.3, 0.4) is 0 Å². The molecule has 2 aliphatic rings. The SMILES string of the molecule is O=C(c1cccc2ccncc12)C1CC2COCC(C1)N2. The molecule has 108 valence electrons. The molecule has 1 aromatic carbocycles. The fraction of sp³-hybridized carbons (Fsp3) is 0.412. The Hall–Kier alpha value is -1.78. The van der Waals surface area contributed by atoms with E-state index in [4.69, 9.17) is 4.74 Å². The highest BCUT2D eigenvalue weighted by molar-refractivity contribution is 6.08. The predicted molar refractivity (Wildman–Crippen MR) is 80.3 cm³/mol. The summed E-state index contributed by atoms with van der Waals surface area (Å²) in [7, 11) is 0. The molecule has 1 aromatic heterocycles. The average molecular weight is 282 g/mol. The predicted octanol–water partition coefficient (Wildman–Crippen LogP) is 2.18. The van der Waals surface area contributed by atoms with Gasteiger partial charge in [-0.3, -0.25) is 9.78 Å². The number of ketones is 1. The zero-order valence-corrected chi connectivity index (χ0v) is 11.8. The molecule has 21 heavy (non-hydrogen) atoms. The fourth-order valence-electron chi connectivity index (χ4n) is 3.60. The number of nitrogens with one attached hydrogen (secondary N) is 1. The second-order valence-corrected chi connectivity index (χ2v) is 6.03. The number of pyridine rings is 1. The van der Waals surface area contributed by atoms with E-state index in [1.54, 1.807) is 12.4 Å². The van der Waals surface area contributed by atoms with Crippen molar-refractivity contribution in [3.8, 4) is 0 Å². The standard InChI is InChI=1S/C17H18N2O2/c20-17(12-6-13-9-21-10-14(7-12)19-13)15-3-1-2-11-4-5-18-8-16(11)15/h1-5,8,12-14,19H,6-7,9-10H2. The van der Waals surface area contributed by atoms with Crippen molar-refractivity contribution < 1.29 is 9.53 Å². The van der Waals surface area contributed by atoms with Crippen LogP contribution < -0.4 is 5.32 Å². The van der Waals surface area contributed by atoms with Crippen LogP contribution in [0.5, 0.6) is 0 Å². The molecule has 2 unspecified atom stereocenters. The van der Waals surface area contributed by atoms with Gasteiger partial charge < -0.3 is 10.1 Å². The number of benzene rings is 1. The largest absolute Gasteiger partial charge is 0.378 e. The van der Waals surface area contributed by atoms with Gasteiger partial charge >= 0.3 is 0 Å². The molecule has 2 bridgehead atoms. The molecule has 2 atom stereocenters. The number of Topliss-reactive ketones (excluding diaryl/α,β-unsaturated/α-hetero) is 1. The summed E-state index contributed by atoms with van der Waals surface area (Å²) in [6.07, 6.45) is 5.30. The molecule has 0 amide bonds. The number of hydrogen-bond acceptors (Lipinski definition) is 4. The minimum atomic E-state index is 0.0935. The number of rotatable bonds is 2. The topological polar surface area (TPSA) is 51.2 Å². The van der Waals surface area contributed by atoms with Crippen LogP contribution in [0, 0.1) is 5.92 Å². The molecule has 1 N–H and O–H groups in total. The highest BCUT2D eigenvalue weighted by Gasteiger charge is 2.35. The molecule has 4 rings (SSSR count). The number of carbonyl (C=O) groups is 1. The first-order valence-corrected chi connectivity index (χ1v) is 7.52. The minimum Gasteiger partial charge on any atom is -0.378 e. The van der Waals surface area contributed by atoms with E-state index in [2.05, 4.69) is 10.3 Å². The number of fused-ring (bicyclic) bond motifs is 3. The van der Waals surface area contributed by atoms with Crippen molar-refractivity contribution in [3.63, 3.8) is 0 Å². The Morgan fingerprint density at radius 3 is 2.81 bits per heavy atom. The molecule has 2 aliphatic heterocycles. The lowest BCUT2D eigenvalue weighted by molar-refractivity contribution is 0.00956. The lowest BCUT2D eigenvalue weighted by Crippen LogP contribution is -2.55. The van der Waals surface area contributed by atoms with Crippen LogP contribution in [0.4, 0.5) is 0 Å². The van der Waals surface area contributed by atoms with Gasteiger partial charge in [-0.2, -0.15) is 0 Å². The third kappa shape index (κ3) is 2.34. The Kier molecular flexibility index (Phi) is 3.20. The van der Waals surface area contributed by atoms with Crippen molar-refractivity contribution in [2.24, 2.45) is 5.92 Å². The van der Waals surface area contributed by atoms with E-state index in [0.29, 0.717) is 12.1 Å². The first kappa shape index (κ1) is 12.9. The quantitative estimate of drug-likeness (QED) is 0.858. The maximum absolute atomic E-state index is 12.9. The molecule has 4 heteroatoms. The fourth-order valence-corrected chi connectivity index (χ4v) is 3.60. The summed E-state index contributed by atoms with van der Waals surface area (Å²) in [4.78, 5) is 17.1. The van der Waals surface area contributed by atoms with Crippen molar-refractivity contribution in [2.45, 2.75) is 24.9 Å². The second kappa shape index (κ2) is 5.20. The molecule has 3 heterocycles. The number of morpholine rings is 1. The molecule has 0 radical (unpaired) electrons. The maximum Gasteiger partial charge on any atom is 0.166 e. The van der Waals surface area contributed by atoms with Crippen molar-refractivity contribution in [1.82, 2.24) is 10.3 Å². The summed E-state index contributed by atoms with van der Waals surface area (Å²) in [5, 5.41) is 5.58. The van der Waals surface area contributed by atoms with Crippen molar-refractivity contribution >= 4 is 16.6 Å². The zero-order chi connectivity index (χ0) is 14.2. The Balaban J connectivity index is 1.67. The van der Waals surface area contributed by atoms with E-state index in [1.807, 2.05) is 24.3 Å². The van der Waals surface area contributed by atoms with Crippen LogP contribution in [0.25, 0.3) is 10.8 Å². The summed E-state index contributed by atoms with van der Waals surface area (Å²) in [6, 6.07) is 8.51. The van der Waals surface area contributed by atoms with E-state index < -0.39 is 0 Å². The minimum absolute atomic E-state index is 0.0935. The van der Waals surface area contributed by atoms with Crippen LogP contribution in [0.1, 0.15) is 23.2 Å². The summed E-state index contributed by atoms with van der Waals surface area (Å²) >= 11 is 0. The molecule has 4 nitrogen and oxygen atoms in total. The van der Waals surface area contributed by atoms with E-state index in [1.165, 1.54) is 0 Å². The lowest BCUT2D eigenvalue weighted by atomic mass is 9.81. The van der Waals surface area contributed by atoms with Gasteiger partial charge in [0, 0.05) is 41.3 Å². The molecule has 2 saturated heterocycles. The number of aromatic nitrogens is 1. The summed E-state index contributed by atoms with van der Waals surface area (Å²) in [6.45, 7) is 1.44. The molecule has 0 spiro atoms. The van der Waals surface area contributed by atoms with Crippen LogP contribution in [0.15, 0.2) is 36.7 Å². The molecular weight excluding hydrogens is 264 g/mol. The summed E-state index contributed by atoms with van der Waals surface area (Å²) in [5.41, 5.74) is 0.812. The Bertz CT molecular complexity index is 668. The van der Waals surface area contributed by atoms with E-state index >= 15 is 0 Å². The van der Waals surface area contributed by atoms with Crippen molar-refractivity contribution in [1.29, 1.82) is 0 Å². The van der Waals surface area contributed by atoms with Gasteiger partial charge in [-0.05, 0) is 24.3 Å². The first-order chi connectivity index (χ1) is 10.3. The molecule has 2 aromatic rings. The number of piperidine rings is 1. The van der Waals surface area contributed by atoms with Crippen molar-refractivity contribution in [2.75, 3.05) is 13.2 Å². The number of hydrogen-bond donors (Lipinski definition) is 1. The van der Waals surface area contributed by atoms with Gasteiger partial charge in [0.25, 0.3) is 0 Å². The van der Waals surface area contributed by atoms with Gasteiger partial charge in [-0.15, -0.1) is 0 Å². The van der Waals surface area contributed by atoms with Crippen LogP contribution in [-0.4, -0.2) is 36.1 Å². The number of nitrogens with zero attached hydrogens (tertiary/aromatic N) is 1. The molecular formula is C17H18N2O2. The zero-order valence-electron chi connectivity index (χ0n) is 11.8. The van der Waals surface area contributed by atoms with Gasteiger partial charge in [0.15, 0.2) is 5.78 Å². The van der Waals surface area contributed by atoms with E-state index in [9.17, 15) is 4.79 Å². The number of ether oxygens (including phenoxy) is 1. The first-order valence-electron chi connectivity index (χ1n) is 7.52. The smallest absolute Gasteiger partial charge is 0.166 e. The van der Waals surface area contributed by atoms with Gasteiger partial charge in [0.1, 0.15) is 0 Å². The summed E-state index contributed by atoms with van der Waals surface area (Å²) in [5.74, 6) is 0.350. The summed E-state index contributed by atoms with van der Waals surface area (Å²) < 4.78 is 5.56. The normalized spacial score (nSPS) is 28.5. The average Bonchev–Trinajstić information content (AvgIpc) is 2.53. The highest BCUT2D eigenvalue weighted by atomic mass is 16.5. The second-order valence-electron chi connectivity index (χ2n) is 6.03. The van der Waals surface area contributed by atoms with E-state index in [-0.39, 0.29) is 11.7 Å². The molecule has 0 aliphatic carbocycles. The third-order valence-corrected chi connectivity index (χ3v) is 4.57. The van der Waals surface area contributed by atoms with Crippen molar-refractivity contribution in [3.05, 3.63) is 42.2 Å². The number of carbonyl (C=O) groups excluding carboxylic acids is 1. The molecule has 2 fully saturated rings. The third-order valence-electron chi connectivity index (χ3n) is 4.57. The Morgan fingerprint density at radius 1 is 1.19 bits per heavy atom. The lowest BCUT2D eigenvalue weighted by Gasteiger charge is -2.39. The van der Waals surface area contributed by atoms with Crippen LogP contribution >= 0.6 is 0 Å². The monoisotopic (exact) mass is 282 g/mol. The van der Waals surface area contributed by atoms with Gasteiger partial charge in [0.2, 0.25) is 0 Å². The maximum atomic E-state index is 12.9. The van der Waals surface area contributed by atoms with Gasteiger partial charge in [0.05, 0.1) is 13.2 Å².